The first-order valence-electron chi connectivity index (χ1n) is 7.69. The highest BCUT2D eigenvalue weighted by molar-refractivity contribution is 5.91. The maximum atomic E-state index is 12.0. The summed E-state index contributed by atoms with van der Waals surface area (Å²) < 4.78 is 0. The fraction of sp³-hybridized carbons (Fsp3) is 0.263. The van der Waals surface area contributed by atoms with Gasteiger partial charge in [-0.2, -0.15) is 0 Å². The molecule has 0 saturated heterocycles. The van der Waals surface area contributed by atoms with Crippen LogP contribution >= 0.6 is 0 Å². The van der Waals surface area contributed by atoms with Gasteiger partial charge in [-0.3, -0.25) is 9.59 Å². The van der Waals surface area contributed by atoms with Gasteiger partial charge in [0.2, 0.25) is 5.91 Å². The lowest BCUT2D eigenvalue weighted by molar-refractivity contribution is -0.126. The minimum absolute atomic E-state index is 0.0762. The molecule has 3 nitrogen and oxygen atoms in total. The van der Waals surface area contributed by atoms with Crippen LogP contribution in [0.4, 0.5) is 0 Å². The van der Waals surface area contributed by atoms with E-state index in [9.17, 15) is 9.59 Å². The molecule has 0 spiro atoms. The lowest BCUT2D eigenvalue weighted by Crippen LogP contribution is -2.38. The number of hydrogen-bond donors (Lipinski definition) is 1. The van der Waals surface area contributed by atoms with Gasteiger partial charge < -0.3 is 5.32 Å². The summed E-state index contributed by atoms with van der Waals surface area (Å²) in [5.41, 5.74) is 3.26. The molecule has 1 saturated carbocycles. The number of benzene rings is 2. The Morgan fingerprint density at radius 2 is 1.68 bits per heavy atom. The monoisotopic (exact) mass is 293 g/mol. The van der Waals surface area contributed by atoms with Crippen molar-refractivity contribution in [2.45, 2.75) is 31.7 Å². The highest BCUT2D eigenvalue weighted by atomic mass is 16.2. The molecule has 0 aromatic heterocycles. The minimum Gasteiger partial charge on any atom is -0.346 e. The zero-order chi connectivity index (χ0) is 15.4. The van der Waals surface area contributed by atoms with Crippen molar-refractivity contribution in [3.05, 3.63) is 60.2 Å². The molecule has 112 valence electrons. The Morgan fingerprint density at radius 1 is 1.00 bits per heavy atom. The molecule has 22 heavy (non-hydrogen) atoms. The van der Waals surface area contributed by atoms with Gasteiger partial charge in [0.1, 0.15) is 0 Å². The summed E-state index contributed by atoms with van der Waals surface area (Å²) >= 11 is 0. The molecule has 1 aliphatic rings. The second-order valence-corrected chi connectivity index (χ2v) is 5.72. The molecule has 0 bridgehead atoms. The predicted octanol–water partition coefficient (Wildman–Crippen LogP) is 3.13. The number of amides is 1. The summed E-state index contributed by atoms with van der Waals surface area (Å²) in [6, 6.07) is 17.9. The van der Waals surface area contributed by atoms with Gasteiger partial charge in [0.15, 0.2) is 5.78 Å². The van der Waals surface area contributed by atoms with E-state index in [-0.39, 0.29) is 17.7 Å². The van der Waals surface area contributed by atoms with Gasteiger partial charge >= 0.3 is 0 Å². The first-order valence-corrected chi connectivity index (χ1v) is 7.69. The van der Waals surface area contributed by atoms with Crippen LogP contribution in [0.25, 0.3) is 11.1 Å². The lowest BCUT2D eigenvalue weighted by Gasteiger charge is -2.11. The number of carbonyl (C=O) groups is 2. The lowest BCUT2D eigenvalue weighted by atomic mass is 10.0. The predicted molar refractivity (Wildman–Crippen MR) is 86.4 cm³/mol. The van der Waals surface area contributed by atoms with Gasteiger partial charge in [-0.1, -0.05) is 54.6 Å². The summed E-state index contributed by atoms with van der Waals surface area (Å²) in [4.78, 5) is 23.6. The van der Waals surface area contributed by atoms with Crippen LogP contribution in [0.3, 0.4) is 0 Å². The molecule has 3 heteroatoms. The molecule has 2 aromatic carbocycles. The highest BCUT2D eigenvalue weighted by Crippen LogP contribution is 2.19. The van der Waals surface area contributed by atoms with Crippen LogP contribution in [0, 0.1) is 0 Å². The fourth-order valence-corrected chi connectivity index (χ4v) is 2.84. The Labute approximate surface area is 130 Å². The van der Waals surface area contributed by atoms with E-state index in [1.807, 2.05) is 42.5 Å². The van der Waals surface area contributed by atoms with Crippen LogP contribution < -0.4 is 5.32 Å². The zero-order valence-corrected chi connectivity index (χ0v) is 12.4. The SMILES string of the molecule is O=C(Cc1ccc(-c2ccccc2)cc1)N[C@@H]1CCCC1=O. The van der Waals surface area contributed by atoms with Crippen LogP contribution in [0.15, 0.2) is 54.6 Å². The van der Waals surface area contributed by atoms with Gasteiger partial charge in [0.25, 0.3) is 0 Å². The van der Waals surface area contributed by atoms with Crippen LogP contribution in [0.1, 0.15) is 24.8 Å². The van der Waals surface area contributed by atoms with Crippen molar-refractivity contribution in [3.8, 4) is 11.1 Å². The third kappa shape index (κ3) is 3.42. The van der Waals surface area contributed by atoms with E-state index < -0.39 is 0 Å². The summed E-state index contributed by atoms with van der Waals surface area (Å²) in [6.07, 6.45) is 2.57. The number of rotatable bonds is 4. The number of carbonyl (C=O) groups excluding carboxylic acids is 2. The van der Waals surface area contributed by atoms with E-state index in [1.165, 1.54) is 0 Å². The Balaban J connectivity index is 1.61. The van der Waals surface area contributed by atoms with Crippen molar-refractivity contribution in [2.24, 2.45) is 0 Å². The van der Waals surface area contributed by atoms with Crippen molar-refractivity contribution in [1.29, 1.82) is 0 Å². The molecule has 3 rings (SSSR count). The quantitative estimate of drug-likeness (QED) is 0.941. The van der Waals surface area contributed by atoms with E-state index >= 15 is 0 Å². The zero-order valence-electron chi connectivity index (χ0n) is 12.4. The molecule has 1 aliphatic carbocycles. The van der Waals surface area contributed by atoms with Crippen LogP contribution in [-0.2, 0) is 16.0 Å². The average molecular weight is 293 g/mol. The van der Waals surface area contributed by atoms with Crippen LogP contribution in [0.5, 0.6) is 0 Å². The maximum absolute atomic E-state index is 12.0. The molecule has 0 aliphatic heterocycles. The Hall–Kier alpha value is -2.42. The number of hydrogen-bond acceptors (Lipinski definition) is 2. The van der Waals surface area contributed by atoms with Gasteiger partial charge in [-0.25, -0.2) is 0 Å². The summed E-state index contributed by atoms with van der Waals surface area (Å²) in [5, 5.41) is 2.83. The highest BCUT2D eigenvalue weighted by Gasteiger charge is 2.25. The van der Waals surface area contributed by atoms with Crippen molar-refractivity contribution in [2.75, 3.05) is 0 Å². The standard InChI is InChI=1S/C19H19NO2/c21-18-8-4-7-17(18)20-19(22)13-14-9-11-16(12-10-14)15-5-2-1-3-6-15/h1-3,5-6,9-12,17H,4,7-8,13H2,(H,20,22)/t17-/m1/s1. The molecule has 0 heterocycles. The van der Waals surface area contributed by atoms with E-state index in [0.29, 0.717) is 12.8 Å². The largest absolute Gasteiger partial charge is 0.346 e. The van der Waals surface area contributed by atoms with Crippen LogP contribution in [-0.4, -0.2) is 17.7 Å². The Bertz CT molecular complexity index is 662. The molecular weight excluding hydrogens is 274 g/mol. The molecule has 0 unspecified atom stereocenters. The number of Topliss-reactive ketones (excluding diaryl/α,β-unsaturated/α-hetero) is 1. The van der Waals surface area contributed by atoms with Crippen molar-refractivity contribution >= 4 is 11.7 Å². The van der Waals surface area contributed by atoms with Crippen molar-refractivity contribution in [1.82, 2.24) is 5.32 Å². The van der Waals surface area contributed by atoms with E-state index in [4.69, 9.17) is 0 Å². The molecule has 0 radical (unpaired) electrons. The fourth-order valence-electron chi connectivity index (χ4n) is 2.84. The summed E-state index contributed by atoms with van der Waals surface area (Å²) in [7, 11) is 0. The first kappa shape index (κ1) is 14.5. The maximum Gasteiger partial charge on any atom is 0.224 e. The van der Waals surface area contributed by atoms with E-state index in [1.54, 1.807) is 0 Å². The smallest absolute Gasteiger partial charge is 0.224 e. The van der Waals surface area contributed by atoms with Crippen molar-refractivity contribution < 1.29 is 9.59 Å². The first-order chi connectivity index (χ1) is 10.7. The molecule has 1 fully saturated rings. The molecule has 1 N–H and O–H groups in total. The molecular formula is C19H19NO2. The Kier molecular flexibility index (Phi) is 4.33. The molecule has 1 amide bonds. The van der Waals surface area contributed by atoms with Gasteiger partial charge in [-0.15, -0.1) is 0 Å². The normalized spacial score (nSPS) is 17.5. The topological polar surface area (TPSA) is 46.2 Å². The molecule has 2 aromatic rings. The summed E-state index contributed by atoms with van der Waals surface area (Å²) in [6.45, 7) is 0. The van der Waals surface area contributed by atoms with Gasteiger partial charge in [0.05, 0.1) is 12.5 Å². The third-order valence-corrected chi connectivity index (χ3v) is 4.07. The minimum atomic E-state index is -0.268. The van der Waals surface area contributed by atoms with Gasteiger partial charge in [-0.05, 0) is 29.5 Å². The molecule has 1 atom stereocenters. The van der Waals surface area contributed by atoms with E-state index in [0.717, 1.165) is 29.5 Å². The average Bonchev–Trinajstić information content (AvgIpc) is 2.94. The second-order valence-electron chi connectivity index (χ2n) is 5.72. The van der Waals surface area contributed by atoms with Crippen LogP contribution in [0.2, 0.25) is 0 Å². The second kappa shape index (κ2) is 6.56. The van der Waals surface area contributed by atoms with Gasteiger partial charge in [0, 0.05) is 6.42 Å². The van der Waals surface area contributed by atoms with Crippen molar-refractivity contribution in [3.63, 3.8) is 0 Å². The number of ketones is 1. The summed E-state index contributed by atoms with van der Waals surface area (Å²) in [5.74, 6) is 0.0838. The third-order valence-electron chi connectivity index (χ3n) is 4.07. The Morgan fingerprint density at radius 3 is 2.32 bits per heavy atom. The van der Waals surface area contributed by atoms with E-state index in [2.05, 4.69) is 17.4 Å². The number of nitrogens with one attached hydrogen (secondary N) is 1.